The van der Waals surface area contributed by atoms with Crippen LogP contribution >= 0.6 is 11.8 Å². The van der Waals surface area contributed by atoms with Gasteiger partial charge in [-0.15, -0.1) is 0 Å². The molecule has 1 aliphatic carbocycles. The number of hydrogen-bond acceptors (Lipinski definition) is 8. The monoisotopic (exact) mass is 700 g/mol. The molecule has 6 rings (SSSR count). The summed E-state index contributed by atoms with van der Waals surface area (Å²) in [6.07, 6.45) is 5.03. The number of aromatic nitrogens is 3. The number of carboxylic acids is 1. The molecule has 6 atom stereocenters. The zero-order valence-electron chi connectivity index (χ0n) is 28.7. The zero-order chi connectivity index (χ0) is 35.6. The Labute approximate surface area is 296 Å². The number of benzene rings is 2. The zero-order valence-corrected chi connectivity index (χ0v) is 29.6. The molecule has 264 valence electrons. The van der Waals surface area contributed by atoms with Gasteiger partial charge in [0, 0.05) is 35.3 Å². The van der Waals surface area contributed by atoms with Crippen molar-refractivity contribution in [3.05, 3.63) is 72.8 Å². The number of carbonyl (C=O) groups is 4. The van der Waals surface area contributed by atoms with Crippen molar-refractivity contribution in [2.24, 2.45) is 5.92 Å². The van der Waals surface area contributed by atoms with E-state index in [1.807, 2.05) is 79.7 Å². The maximum Gasteiger partial charge on any atom is 0.408 e. The van der Waals surface area contributed by atoms with Crippen LogP contribution in [-0.2, 0) is 19.1 Å². The normalized spacial score (nSPS) is 27.9. The number of allylic oxidation sites excluding steroid dienone is 1. The molecule has 3 aliphatic rings. The highest BCUT2D eigenvalue weighted by Gasteiger charge is 2.61. The van der Waals surface area contributed by atoms with Crippen LogP contribution in [0.3, 0.4) is 0 Å². The van der Waals surface area contributed by atoms with Crippen molar-refractivity contribution in [3.8, 4) is 22.5 Å². The number of rotatable bonds is 5. The molecule has 0 bridgehead atoms. The first-order chi connectivity index (χ1) is 23.9. The minimum Gasteiger partial charge on any atom is -0.479 e. The van der Waals surface area contributed by atoms with Crippen LogP contribution < -0.4 is 10.6 Å². The molecule has 1 aromatic heterocycles. The molecule has 3 unspecified atom stereocenters. The van der Waals surface area contributed by atoms with Gasteiger partial charge in [-0.3, -0.25) is 9.59 Å². The first-order valence-electron chi connectivity index (χ1n) is 17.1. The summed E-state index contributed by atoms with van der Waals surface area (Å²) in [6, 6.07) is 16.8. The Bertz CT molecular complexity index is 1700. The van der Waals surface area contributed by atoms with E-state index >= 15 is 0 Å². The van der Waals surface area contributed by atoms with Gasteiger partial charge in [-0.1, -0.05) is 79.7 Å². The highest BCUT2D eigenvalue weighted by atomic mass is 32.2. The summed E-state index contributed by atoms with van der Waals surface area (Å²) >= 11 is 1.55. The van der Waals surface area contributed by atoms with Gasteiger partial charge in [0.15, 0.2) is 0 Å². The second-order valence-corrected chi connectivity index (χ2v) is 15.7. The number of nitrogens with one attached hydrogen (secondary N) is 2. The third-order valence-electron chi connectivity index (χ3n) is 9.33. The van der Waals surface area contributed by atoms with Gasteiger partial charge in [0.05, 0.1) is 6.04 Å². The average Bonchev–Trinajstić information content (AvgIpc) is 3.39. The van der Waals surface area contributed by atoms with E-state index in [4.69, 9.17) is 14.9 Å². The maximum atomic E-state index is 14.6. The summed E-state index contributed by atoms with van der Waals surface area (Å²) < 4.78 is 5.54. The molecule has 1 saturated carbocycles. The lowest BCUT2D eigenvalue weighted by atomic mass is 10.1. The first-order valence-corrected chi connectivity index (χ1v) is 18.1. The lowest BCUT2D eigenvalue weighted by Crippen LogP contribution is -2.58. The third-order valence-corrected chi connectivity index (χ3v) is 10.7. The Hall–Kier alpha value is -4.65. The Morgan fingerprint density at radius 3 is 2.22 bits per heavy atom. The number of nitrogens with zero attached hydrogens (tertiary/aromatic N) is 4. The number of fused-ring (bicyclic) bond motifs is 2. The molecule has 0 spiro atoms. The molecule has 12 nitrogen and oxygen atoms in total. The van der Waals surface area contributed by atoms with E-state index in [9.17, 15) is 24.3 Å². The minimum atomic E-state index is -1.44. The number of hydrogen-bond donors (Lipinski definition) is 3. The SMILES string of the molecule is CC1SCCC/C=C\C2CC2(C(=O)O)NC(=O)[C@@H]2C[C@@H](n3nc(-c4ccccc4)c(-c4ccccc4)n3)CN2C(=O)[C@H]1NC(=O)OC(C)(C)C. The molecular weight excluding hydrogens is 657 g/mol. The fourth-order valence-electron chi connectivity index (χ4n) is 6.63. The Morgan fingerprint density at radius 2 is 1.64 bits per heavy atom. The molecule has 3 aromatic rings. The van der Waals surface area contributed by atoms with Crippen LogP contribution in [0.2, 0.25) is 0 Å². The number of amides is 3. The fourth-order valence-corrected chi connectivity index (χ4v) is 7.71. The van der Waals surface area contributed by atoms with Crippen LogP contribution in [0.25, 0.3) is 22.5 Å². The molecule has 2 aliphatic heterocycles. The highest BCUT2D eigenvalue weighted by Crippen LogP contribution is 2.46. The Balaban J connectivity index is 1.38. The van der Waals surface area contributed by atoms with Crippen molar-refractivity contribution in [1.29, 1.82) is 0 Å². The van der Waals surface area contributed by atoms with E-state index in [0.29, 0.717) is 17.1 Å². The summed E-state index contributed by atoms with van der Waals surface area (Å²) in [4.78, 5) is 57.4. The van der Waals surface area contributed by atoms with Crippen LogP contribution in [0.15, 0.2) is 72.8 Å². The lowest BCUT2D eigenvalue weighted by Gasteiger charge is -2.32. The van der Waals surface area contributed by atoms with E-state index < -0.39 is 53.1 Å². The van der Waals surface area contributed by atoms with Crippen molar-refractivity contribution in [2.75, 3.05) is 12.3 Å². The Kier molecular flexibility index (Phi) is 10.1. The van der Waals surface area contributed by atoms with Gasteiger partial charge in [-0.05, 0) is 45.8 Å². The standard InChI is InChI=1S/C37H44N6O6S/c1-23-29(38-35(48)49-36(2,3)4)33(45)42-22-27(20-28(42)32(44)39-37(34(46)47)21-26(37)18-12-7-13-19-50-23)43-40-30(24-14-8-5-9-15-24)31(41-43)25-16-10-6-11-17-25/h5-6,8-12,14-18,23,26-29H,7,13,19-22H2,1-4H3,(H,38,48)(H,39,44)(H,46,47)/b18-12-/t23?,26?,27-,28+,29+,37?/m1/s1. The number of thioether (sulfide) groups is 1. The summed E-state index contributed by atoms with van der Waals surface area (Å²) in [5, 5.41) is 25.3. The van der Waals surface area contributed by atoms with Crippen LogP contribution in [0.4, 0.5) is 4.79 Å². The van der Waals surface area contributed by atoms with Crippen LogP contribution in [-0.4, -0.2) is 89.6 Å². The average molecular weight is 701 g/mol. The van der Waals surface area contributed by atoms with Crippen molar-refractivity contribution in [1.82, 2.24) is 30.5 Å². The van der Waals surface area contributed by atoms with Crippen molar-refractivity contribution in [2.45, 2.75) is 87.9 Å². The first kappa shape index (κ1) is 35.2. The molecule has 3 heterocycles. The van der Waals surface area contributed by atoms with Gasteiger partial charge in [-0.25, -0.2) is 9.59 Å². The quantitative estimate of drug-likeness (QED) is 0.309. The maximum absolute atomic E-state index is 14.6. The summed E-state index contributed by atoms with van der Waals surface area (Å²) in [7, 11) is 0. The summed E-state index contributed by atoms with van der Waals surface area (Å²) in [5.41, 5.74) is 0.808. The van der Waals surface area contributed by atoms with E-state index in [2.05, 4.69) is 10.6 Å². The molecule has 3 N–H and O–H groups in total. The molecule has 50 heavy (non-hydrogen) atoms. The molecule has 2 aromatic carbocycles. The second-order valence-electron chi connectivity index (χ2n) is 14.2. The predicted molar refractivity (Wildman–Crippen MR) is 190 cm³/mol. The van der Waals surface area contributed by atoms with Crippen molar-refractivity contribution in [3.63, 3.8) is 0 Å². The highest BCUT2D eigenvalue weighted by molar-refractivity contribution is 7.99. The summed E-state index contributed by atoms with van der Waals surface area (Å²) in [6.45, 7) is 7.19. The second kappa shape index (κ2) is 14.3. The van der Waals surface area contributed by atoms with Gasteiger partial charge >= 0.3 is 12.1 Å². The van der Waals surface area contributed by atoms with Gasteiger partial charge in [-0.2, -0.15) is 26.8 Å². The van der Waals surface area contributed by atoms with E-state index in [0.717, 1.165) is 24.0 Å². The van der Waals surface area contributed by atoms with E-state index in [-0.39, 0.29) is 30.6 Å². The molecule has 3 amide bonds. The van der Waals surface area contributed by atoms with Crippen LogP contribution in [0.5, 0.6) is 0 Å². The third kappa shape index (κ3) is 7.57. The lowest BCUT2D eigenvalue weighted by molar-refractivity contribution is -0.145. The number of aliphatic carboxylic acids is 1. The molecule has 13 heteroatoms. The van der Waals surface area contributed by atoms with Crippen LogP contribution in [0.1, 0.15) is 59.4 Å². The van der Waals surface area contributed by atoms with E-state index in [1.54, 1.807) is 37.3 Å². The predicted octanol–water partition coefficient (Wildman–Crippen LogP) is 5.08. The van der Waals surface area contributed by atoms with Crippen molar-refractivity contribution >= 4 is 35.6 Å². The number of carbonyl (C=O) groups excluding carboxylic acids is 3. The minimum absolute atomic E-state index is 0.0708. The van der Waals surface area contributed by atoms with Crippen molar-refractivity contribution < 1.29 is 29.0 Å². The summed E-state index contributed by atoms with van der Waals surface area (Å²) in [5.74, 6) is -1.77. The smallest absolute Gasteiger partial charge is 0.408 e. The van der Waals surface area contributed by atoms with Crippen LogP contribution in [0, 0.1) is 5.92 Å². The van der Waals surface area contributed by atoms with E-state index in [1.165, 1.54) is 4.90 Å². The molecular formula is C37H44N6O6S. The number of alkyl carbamates (subject to hydrolysis) is 1. The van der Waals surface area contributed by atoms with Gasteiger partial charge in [0.1, 0.15) is 34.6 Å². The van der Waals surface area contributed by atoms with Gasteiger partial charge in [0.25, 0.3) is 0 Å². The fraction of sp³-hybridized carbons (Fsp3) is 0.459. The molecule has 0 radical (unpaired) electrons. The molecule has 1 saturated heterocycles. The molecule has 2 fully saturated rings. The number of carboxylic acid groups (broad SMARTS) is 1. The van der Waals surface area contributed by atoms with Gasteiger partial charge in [0.2, 0.25) is 11.8 Å². The largest absolute Gasteiger partial charge is 0.479 e. The number of ether oxygens (including phenoxy) is 1. The van der Waals surface area contributed by atoms with Gasteiger partial charge < -0.3 is 25.4 Å². The Morgan fingerprint density at radius 1 is 1.02 bits per heavy atom. The topological polar surface area (TPSA) is 156 Å².